The maximum Gasteiger partial charge on any atom is 0.417 e. The summed E-state index contributed by atoms with van der Waals surface area (Å²) in [6.45, 7) is 2.58. The Morgan fingerprint density at radius 2 is 2.00 bits per heavy atom. The van der Waals surface area contributed by atoms with Crippen LogP contribution in [-0.2, 0) is 12.7 Å². The predicted octanol–water partition coefficient (Wildman–Crippen LogP) is 2.74. The van der Waals surface area contributed by atoms with Gasteiger partial charge in [0.05, 0.1) is 17.8 Å². The summed E-state index contributed by atoms with van der Waals surface area (Å²) in [4.78, 5) is 15.9. The Labute approximate surface area is 119 Å². The standard InChI is InChI=1S/C14H14F3N3O/c1-2-18-12-5-3-4-11(19-12)9-20-8-10(14(15,16)17)6-7-13(20)21/h3-8H,2,9H2,1H3,(H,18,19). The quantitative estimate of drug-likeness (QED) is 0.944. The van der Waals surface area contributed by atoms with Gasteiger partial charge in [-0.05, 0) is 25.1 Å². The third kappa shape index (κ3) is 3.84. The molecule has 0 aliphatic carbocycles. The summed E-state index contributed by atoms with van der Waals surface area (Å²) in [5.41, 5.74) is -0.849. The van der Waals surface area contributed by atoms with Gasteiger partial charge in [-0.15, -0.1) is 0 Å². The van der Waals surface area contributed by atoms with E-state index in [-0.39, 0.29) is 6.54 Å². The van der Waals surface area contributed by atoms with Crippen LogP contribution in [-0.4, -0.2) is 16.1 Å². The highest BCUT2D eigenvalue weighted by Gasteiger charge is 2.31. The predicted molar refractivity (Wildman–Crippen MR) is 73.2 cm³/mol. The summed E-state index contributed by atoms with van der Waals surface area (Å²) in [5.74, 6) is 0.620. The summed E-state index contributed by atoms with van der Waals surface area (Å²) in [6.07, 6.45) is -3.67. The first kappa shape index (κ1) is 15.1. The smallest absolute Gasteiger partial charge is 0.370 e. The second-order valence-corrected chi connectivity index (χ2v) is 4.43. The van der Waals surface area contributed by atoms with Crippen LogP contribution in [0.5, 0.6) is 0 Å². The van der Waals surface area contributed by atoms with E-state index in [2.05, 4.69) is 10.3 Å². The molecule has 2 rings (SSSR count). The zero-order valence-corrected chi connectivity index (χ0v) is 11.3. The summed E-state index contributed by atoms with van der Waals surface area (Å²) < 4.78 is 39.0. The van der Waals surface area contributed by atoms with Gasteiger partial charge in [0.1, 0.15) is 5.82 Å². The topological polar surface area (TPSA) is 46.9 Å². The third-order valence-electron chi connectivity index (χ3n) is 2.81. The normalized spacial score (nSPS) is 11.4. The summed E-state index contributed by atoms with van der Waals surface area (Å²) >= 11 is 0. The van der Waals surface area contributed by atoms with E-state index < -0.39 is 17.3 Å². The number of pyridine rings is 2. The molecule has 0 aliphatic heterocycles. The van der Waals surface area contributed by atoms with Crippen LogP contribution in [0, 0.1) is 0 Å². The summed E-state index contributed by atoms with van der Waals surface area (Å²) in [5, 5.41) is 3.01. The third-order valence-corrected chi connectivity index (χ3v) is 2.81. The average molecular weight is 297 g/mol. The summed E-state index contributed by atoms with van der Waals surface area (Å²) in [7, 11) is 0. The molecular formula is C14H14F3N3O. The molecule has 1 N–H and O–H groups in total. The molecule has 0 saturated carbocycles. The highest BCUT2D eigenvalue weighted by molar-refractivity contribution is 5.35. The van der Waals surface area contributed by atoms with Gasteiger partial charge in [-0.3, -0.25) is 4.79 Å². The van der Waals surface area contributed by atoms with E-state index in [1.165, 1.54) is 0 Å². The van der Waals surface area contributed by atoms with Crippen LogP contribution >= 0.6 is 0 Å². The number of halogens is 3. The maximum absolute atomic E-state index is 12.7. The molecule has 0 radical (unpaired) electrons. The fourth-order valence-electron chi connectivity index (χ4n) is 1.84. The molecule has 0 amide bonds. The molecule has 0 bridgehead atoms. The lowest BCUT2D eigenvalue weighted by Gasteiger charge is -2.11. The molecule has 0 atom stereocenters. The maximum atomic E-state index is 12.7. The molecule has 2 heterocycles. The molecule has 0 fully saturated rings. The highest BCUT2D eigenvalue weighted by Crippen LogP contribution is 2.28. The number of alkyl halides is 3. The van der Waals surface area contributed by atoms with Crippen LogP contribution in [0.15, 0.2) is 41.3 Å². The fourth-order valence-corrected chi connectivity index (χ4v) is 1.84. The first-order valence-corrected chi connectivity index (χ1v) is 6.37. The van der Waals surface area contributed by atoms with Crippen LogP contribution < -0.4 is 10.9 Å². The molecule has 2 aromatic heterocycles. The van der Waals surface area contributed by atoms with Crippen molar-refractivity contribution in [3.05, 3.63) is 58.1 Å². The zero-order valence-electron chi connectivity index (χ0n) is 11.3. The van der Waals surface area contributed by atoms with Crippen molar-refractivity contribution in [1.82, 2.24) is 9.55 Å². The second-order valence-electron chi connectivity index (χ2n) is 4.43. The first-order chi connectivity index (χ1) is 9.90. The monoisotopic (exact) mass is 297 g/mol. The molecule has 0 spiro atoms. The van der Waals surface area contributed by atoms with Crippen molar-refractivity contribution in [3.63, 3.8) is 0 Å². The Balaban J connectivity index is 2.31. The number of nitrogens with one attached hydrogen (secondary N) is 1. The van der Waals surface area contributed by atoms with E-state index in [4.69, 9.17) is 0 Å². The van der Waals surface area contributed by atoms with Crippen LogP contribution in [0.2, 0.25) is 0 Å². The van der Waals surface area contributed by atoms with Crippen LogP contribution in [0.3, 0.4) is 0 Å². The minimum Gasteiger partial charge on any atom is -0.370 e. The Bertz CT molecular complexity index is 680. The van der Waals surface area contributed by atoms with Crippen molar-refractivity contribution in [2.45, 2.75) is 19.6 Å². The van der Waals surface area contributed by atoms with E-state index in [1.54, 1.807) is 18.2 Å². The molecule has 0 aliphatic rings. The summed E-state index contributed by atoms with van der Waals surface area (Å²) in [6, 6.07) is 6.84. The van der Waals surface area contributed by atoms with E-state index in [0.29, 0.717) is 18.1 Å². The van der Waals surface area contributed by atoms with E-state index in [9.17, 15) is 18.0 Å². The van der Waals surface area contributed by atoms with Crippen molar-refractivity contribution < 1.29 is 13.2 Å². The number of aromatic nitrogens is 2. The minimum absolute atomic E-state index is 0.0119. The van der Waals surface area contributed by atoms with Crippen molar-refractivity contribution in [2.75, 3.05) is 11.9 Å². The Morgan fingerprint density at radius 1 is 1.24 bits per heavy atom. The van der Waals surface area contributed by atoms with Gasteiger partial charge in [0, 0.05) is 18.8 Å². The van der Waals surface area contributed by atoms with Crippen LogP contribution in [0.4, 0.5) is 19.0 Å². The molecule has 0 unspecified atom stereocenters. The number of rotatable bonds is 4. The van der Waals surface area contributed by atoms with Gasteiger partial charge in [0.2, 0.25) is 0 Å². The molecule has 0 saturated heterocycles. The Morgan fingerprint density at radius 3 is 2.67 bits per heavy atom. The van der Waals surface area contributed by atoms with Gasteiger partial charge in [-0.1, -0.05) is 6.07 Å². The largest absolute Gasteiger partial charge is 0.417 e. The van der Waals surface area contributed by atoms with Gasteiger partial charge in [-0.2, -0.15) is 13.2 Å². The minimum atomic E-state index is -4.48. The molecule has 4 nitrogen and oxygen atoms in total. The molecule has 2 aromatic rings. The van der Waals surface area contributed by atoms with E-state index in [0.717, 1.165) is 22.9 Å². The van der Waals surface area contributed by atoms with Crippen LogP contribution in [0.25, 0.3) is 0 Å². The Hall–Kier alpha value is -2.31. The average Bonchev–Trinajstić information content (AvgIpc) is 2.41. The van der Waals surface area contributed by atoms with Crippen molar-refractivity contribution >= 4 is 5.82 Å². The highest BCUT2D eigenvalue weighted by atomic mass is 19.4. The van der Waals surface area contributed by atoms with Crippen molar-refractivity contribution in [2.24, 2.45) is 0 Å². The zero-order chi connectivity index (χ0) is 15.5. The van der Waals surface area contributed by atoms with Crippen LogP contribution in [0.1, 0.15) is 18.2 Å². The second kappa shape index (κ2) is 5.99. The van der Waals surface area contributed by atoms with E-state index in [1.807, 2.05) is 6.92 Å². The van der Waals surface area contributed by atoms with Gasteiger partial charge >= 0.3 is 6.18 Å². The van der Waals surface area contributed by atoms with Crippen molar-refractivity contribution in [3.8, 4) is 0 Å². The van der Waals surface area contributed by atoms with Gasteiger partial charge < -0.3 is 9.88 Å². The van der Waals surface area contributed by atoms with Crippen molar-refractivity contribution in [1.29, 1.82) is 0 Å². The number of hydrogen-bond acceptors (Lipinski definition) is 3. The number of hydrogen-bond donors (Lipinski definition) is 1. The van der Waals surface area contributed by atoms with Gasteiger partial charge in [0.25, 0.3) is 5.56 Å². The van der Waals surface area contributed by atoms with E-state index >= 15 is 0 Å². The lowest BCUT2D eigenvalue weighted by molar-refractivity contribution is -0.138. The molecule has 0 aromatic carbocycles. The SMILES string of the molecule is CCNc1cccc(Cn2cc(C(F)(F)F)ccc2=O)n1. The lowest BCUT2D eigenvalue weighted by atomic mass is 10.2. The molecule has 21 heavy (non-hydrogen) atoms. The van der Waals surface area contributed by atoms with Gasteiger partial charge in [-0.25, -0.2) is 4.98 Å². The van der Waals surface area contributed by atoms with Gasteiger partial charge in [0.15, 0.2) is 0 Å². The lowest BCUT2D eigenvalue weighted by Crippen LogP contribution is -2.22. The first-order valence-electron chi connectivity index (χ1n) is 6.37. The fraction of sp³-hybridized carbons (Fsp3) is 0.286. The molecular weight excluding hydrogens is 283 g/mol. The number of nitrogens with zero attached hydrogens (tertiary/aromatic N) is 2. The molecule has 7 heteroatoms. The number of anilines is 1. The molecule has 112 valence electrons. The Kier molecular flexibility index (Phi) is 4.30.